The number of nitrogens with zero attached hydrogens (tertiary/aromatic N) is 4. The summed E-state index contributed by atoms with van der Waals surface area (Å²) < 4.78 is 1.77. The molecule has 1 aliphatic heterocycles. The van der Waals surface area contributed by atoms with Crippen LogP contribution < -0.4 is 5.32 Å². The molecule has 2 amide bonds. The number of hydrogen-bond acceptors (Lipinski definition) is 4. The average Bonchev–Trinajstić information content (AvgIpc) is 3.21. The van der Waals surface area contributed by atoms with Crippen LogP contribution in [-0.2, 0) is 11.3 Å². The van der Waals surface area contributed by atoms with Crippen molar-refractivity contribution in [1.29, 1.82) is 0 Å². The lowest BCUT2D eigenvalue weighted by molar-refractivity contribution is -0.121. The van der Waals surface area contributed by atoms with Crippen LogP contribution in [0.25, 0.3) is 10.9 Å². The molecule has 1 aromatic carbocycles. The summed E-state index contributed by atoms with van der Waals surface area (Å²) in [7, 11) is 0. The van der Waals surface area contributed by atoms with Crippen LogP contribution in [0.4, 0.5) is 5.69 Å². The maximum atomic E-state index is 13.1. The van der Waals surface area contributed by atoms with Gasteiger partial charge in [0, 0.05) is 43.3 Å². The predicted octanol–water partition coefficient (Wildman–Crippen LogP) is 3.60. The molecule has 0 spiro atoms. The highest BCUT2D eigenvalue weighted by Crippen LogP contribution is 2.27. The second kappa shape index (κ2) is 8.21. The number of hydrogen-bond donors (Lipinski definition) is 1. The van der Waals surface area contributed by atoms with Gasteiger partial charge in [-0.05, 0) is 44.0 Å². The molecule has 3 aromatic rings. The molecule has 150 valence electrons. The van der Waals surface area contributed by atoms with E-state index in [4.69, 9.17) is 11.6 Å². The van der Waals surface area contributed by atoms with Crippen molar-refractivity contribution in [2.75, 3.05) is 18.4 Å². The predicted molar refractivity (Wildman–Crippen MR) is 112 cm³/mol. The van der Waals surface area contributed by atoms with Gasteiger partial charge < -0.3 is 10.2 Å². The van der Waals surface area contributed by atoms with Gasteiger partial charge in [-0.25, -0.2) is 0 Å². The van der Waals surface area contributed by atoms with Crippen LogP contribution in [0.3, 0.4) is 0 Å². The number of aromatic nitrogens is 3. The van der Waals surface area contributed by atoms with Crippen LogP contribution in [0.15, 0.2) is 42.9 Å². The summed E-state index contributed by atoms with van der Waals surface area (Å²) in [6.07, 6.45) is 6.37. The Morgan fingerprint density at radius 1 is 1.24 bits per heavy atom. The molecule has 7 nitrogen and oxygen atoms in total. The second-order valence-corrected chi connectivity index (χ2v) is 7.54. The number of piperidine rings is 1. The molecule has 1 saturated heterocycles. The number of amides is 2. The van der Waals surface area contributed by atoms with E-state index in [1.807, 2.05) is 19.2 Å². The third kappa shape index (κ3) is 3.96. The monoisotopic (exact) mass is 411 g/mol. The van der Waals surface area contributed by atoms with Crippen molar-refractivity contribution in [1.82, 2.24) is 19.7 Å². The van der Waals surface area contributed by atoms with E-state index in [1.54, 1.807) is 40.2 Å². The van der Waals surface area contributed by atoms with Crippen molar-refractivity contribution in [3.05, 3.63) is 53.4 Å². The van der Waals surface area contributed by atoms with Crippen molar-refractivity contribution in [2.24, 2.45) is 5.92 Å². The van der Waals surface area contributed by atoms with Gasteiger partial charge in [0.25, 0.3) is 5.91 Å². The first-order chi connectivity index (χ1) is 14.1. The fraction of sp³-hybridized carbons (Fsp3) is 0.333. The zero-order valence-corrected chi connectivity index (χ0v) is 16.9. The SMILES string of the molecule is CCn1cc(NC(=O)C2CCN(C(=O)c3ccc(Cl)c4cccnc34)CC2)cn1. The summed E-state index contributed by atoms with van der Waals surface area (Å²) in [5.41, 5.74) is 1.85. The van der Waals surface area contributed by atoms with Crippen molar-refractivity contribution in [3.63, 3.8) is 0 Å². The molecule has 1 N–H and O–H groups in total. The molecule has 4 rings (SSSR count). The summed E-state index contributed by atoms with van der Waals surface area (Å²) in [5, 5.41) is 8.43. The zero-order chi connectivity index (χ0) is 20.4. The van der Waals surface area contributed by atoms with Crippen LogP contribution in [0.5, 0.6) is 0 Å². The minimum Gasteiger partial charge on any atom is -0.339 e. The van der Waals surface area contributed by atoms with Gasteiger partial charge in [-0.15, -0.1) is 0 Å². The number of nitrogens with one attached hydrogen (secondary N) is 1. The number of aryl methyl sites for hydroxylation is 1. The minimum atomic E-state index is -0.121. The van der Waals surface area contributed by atoms with Crippen LogP contribution in [0.2, 0.25) is 5.02 Å². The first-order valence-corrected chi connectivity index (χ1v) is 10.1. The molecule has 8 heteroatoms. The summed E-state index contributed by atoms with van der Waals surface area (Å²) >= 11 is 6.24. The van der Waals surface area contributed by atoms with E-state index in [0.29, 0.717) is 47.7 Å². The molecule has 0 atom stereocenters. The third-order valence-corrected chi connectivity index (χ3v) is 5.65. The quantitative estimate of drug-likeness (QED) is 0.711. The Bertz CT molecular complexity index is 1060. The van der Waals surface area contributed by atoms with Gasteiger partial charge in [-0.1, -0.05) is 11.6 Å². The lowest BCUT2D eigenvalue weighted by Gasteiger charge is -2.31. The Hall–Kier alpha value is -2.93. The first kappa shape index (κ1) is 19.4. The molecule has 0 radical (unpaired) electrons. The highest BCUT2D eigenvalue weighted by molar-refractivity contribution is 6.36. The highest BCUT2D eigenvalue weighted by Gasteiger charge is 2.29. The topological polar surface area (TPSA) is 80.1 Å². The lowest BCUT2D eigenvalue weighted by atomic mass is 9.95. The average molecular weight is 412 g/mol. The van der Waals surface area contributed by atoms with Crippen LogP contribution in [0, 0.1) is 5.92 Å². The standard InChI is InChI=1S/C21H22ClN5O2/c1-2-27-13-15(12-24-27)25-20(28)14-7-10-26(11-8-14)21(29)17-5-6-18(22)16-4-3-9-23-19(16)17/h3-6,9,12-14H,2,7-8,10-11H2,1H3,(H,25,28). The minimum absolute atomic E-state index is 0.0219. The van der Waals surface area contributed by atoms with Crippen LogP contribution in [0.1, 0.15) is 30.1 Å². The number of fused-ring (bicyclic) bond motifs is 1. The number of anilines is 1. The molecule has 0 saturated carbocycles. The molecule has 29 heavy (non-hydrogen) atoms. The third-order valence-electron chi connectivity index (χ3n) is 5.32. The van der Waals surface area contributed by atoms with Crippen molar-refractivity contribution in [3.8, 4) is 0 Å². The number of halogens is 1. The highest BCUT2D eigenvalue weighted by atomic mass is 35.5. The van der Waals surface area contributed by atoms with E-state index in [0.717, 1.165) is 11.9 Å². The van der Waals surface area contributed by atoms with Crippen LogP contribution in [-0.4, -0.2) is 44.6 Å². The molecule has 1 fully saturated rings. The van der Waals surface area contributed by atoms with Crippen molar-refractivity contribution >= 4 is 40.0 Å². The molecule has 0 unspecified atom stereocenters. The summed E-state index contributed by atoms with van der Waals surface area (Å²) in [6.45, 7) is 3.81. The molecule has 0 aliphatic carbocycles. The number of carbonyl (C=O) groups excluding carboxylic acids is 2. The van der Waals surface area contributed by atoms with Crippen molar-refractivity contribution < 1.29 is 9.59 Å². The van der Waals surface area contributed by atoms with Gasteiger partial charge >= 0.3 is 0 Å². The normalized spacial score (nSPS) is 14.9. The molecule has 3 heterocycles. The Kier molecular flexibility index (Phi) is 5.49. The van der Waals surface area contributed by atoms with E-state index < -0.39 is 0 Å². The Morgan fingerprint density at radius 2 is 2.03 bits per heavy atom. The van der Waals surface area contributed by atoms with E-state index in [1.165, 1.54) is 0 Å². The second-order valence-electron chi connectivity index (χ2n) is 7.13. The Labute approximate surface area is 173 Å². The first-order valence-electron chi connectivity index (χ1n) is 9.72. The van der Waals surface area contributed by atoms with Gasteiger partial charge in [0.15, 0.2) is 0 Å². The molecule has 2 aromatic heterocycles. The Morgan fingerprint density at radius 3 is 2.76 bits per heavy atom. The summed E-state index contributed by atoms with van der Waals surface area (Å²) in [6, 6.07) is 7.12. The molecular formula is C21H22ClN5O2. The van der Waals surface area contributed by atoms with Gasteiger partial charge in [-0.2, -0.15) is 5.10 Å². The maximum absolute atomic E-state index is 13.1. The maximum Gasteiger partial charge on any atom is 0.256 e. The fourth-order valence-electron chi connectivity index (χ4n) is 3.67. The Balaban J connectivity index is 1.41. The number of rotatable bonds is 4. The number of pyridine rings is 1. The van der Waals surface area contributed by atoms with Crippen molar-refractivity contribution in [2.45, 2.75) is 26.3 Å². The number of carbonyl (C=O) groups is 2. The van der Waals surface area contributed by atoms with Gasteiger partial charge in [0.1, 0.15) is 0 Å². The fourth-order valence-corrected chi connectivity index (χ4v) is 3.89. The molecule has 1 aliphatic rings. The van der Waals surface area contributed by atoms with Gasteiger partial charge in [0.05, 0.1) is 28.0 Å². The summed E-state index contributed by atoms with van der Waals surface area (Å²) in [4.78, 5) is 31.7. The lowest BCUT2D eigenvalue weighted by Crippen LogP contribution is -2.41. The smallest absolute Gasteiger partial charge is 0.256 e. The van der Waals surface area contributed by atoms with E-state index >= 15 is 0 Å². The van der Waals surface area contributed by atoms with Gasteiger partial charge in [-0.3, -0.25) is 19.3 Å². The van der Waals surface area contributed by atoms with E-state index in [-0.39, 0.29) is 17.7 Å². The molecular weight excluding hydrogens is 390 g/mol. The zero-order valence-electron chi connectivity index (χ0n) is 16.1. The number of benzene rings is 1. The van der Waals surface area contributed by atoms with E-state index in [2.05, 4.69) is 15.4 Å². The molecule has 0 bridgehead atoms. The van der Waals surface area contributed by atoms with Gasteiger partial charge in [0.2, 0.25) is 5.91 Å². The van der Waals surface area contributed by atoms with E-state index in [9.17, 15) is 9.59 Å². The number of likely N-dealkylation sites (tertiary alicyclic amines) is 1. The largest absolute Gasteiger partial charge is 0.339 e. The summed E-state index contributed by atoms with van der Waals surface area (Å²) in [5.74, 6) is -0.219. The van der Waals surface area contributed by atoms with Crippen LogP contribution >= 0.6 is 11.6 Å².